The van der Waals surface area contributed by atoms with Gasteiger partial charge in [-0.05, 0) is 146 Å². The van der Waals surface area contributed by atoms with E-state index in [2.05, 4.69) is 55.4 Å². The van der Waals surface area contributed by atoms with E-state index >= 15 is 0 Å². The Morgan fingerprint density at radius 3 is 0.292 bits per heavy atom. The summed E-state index contributed by atoms with van der Waals surface area (Å²) in [6, 6.07) is 0. The van der Waals surface area contributed by atoms with E-state index in [1.54, 1.807) is 0 Å². The zero-order valence-electron chi connectivity index (χ0n) is 82.4. The van der Waals surface area contributed by atoms with Gasteiger partial charge in [-0.15, -0.1) is 0 Å². The van der Waals surface area contributed by atoms with Gasteiger partial charge < -0.3 is 0 Å². The van der Waals surface area contributed by atoms with Crippen LogP contribution in [-0.4, -0.2) is 49.3 Å². The Labute approximate surface area is 751 Å². The average Bonchev–Trinajstić information content (AvgIpc) is 1.58. The first-order valence-corrected chi connectivity index (χ1v) is 57.5. The maximum absolute atomic E-state index is 5.06. The lowest BCUT2D eigenvalue weighted by Gasteiger charge is -2.46. The van der Waals surface area contributed by atoms with Gasteiger partial charge in [-0.2, -0.15) is 0 Å². The van der Waals surface area contributed by atoms with Crippen molar-refractivity contribution < 1.29 is 0 Å². The summed E-state index contributed by atoms with van der Waals surface area (Å²) in [6.45, 7) is 19.2. The largest absolute Gasteiger partial charge is 0.286 e. The van der Waals surface area contributed by atoms with Gasteiger partial charge in [-0.1, -0.05) is 518 Å². The second-order valence-electron chi connectivity index (χ2n) is 44.3. The quantitative estimate of drug-likeness (QED) is 0.0286. The van der Waals surface area contributed by atoms with Gasteiger partial charge >= 0.3 is 0 Å². The monoisotopic (exact) mass is 1670 g/mol. The van der Waals surface area contributed by atoms with E-state index in [1.165, 1.54) is 514 Å². The zero-order chi connectivity index (χ0) is 84.1. The third-order valence-electron chi connectivity index (χ3n) is 35.1. The van der Waals surface area contributed by atoms with Crippen molar-refractivity contribution in [1.82, 2.24) is 42.5 Å². The molecule has 120 heavy (non-hydrogen) atoms. The first-order valence-electron chi connectivity index (χ1n) is 57.5. The predicted octanol–water partition coefficient (Wildman–Crippen LogP) is 32.7. The summed E-state index contributed by atoms with van der Waals surface area (Å²) in [4.78, 5) is 0. The van der Waals surface area contributed by atoms with Crippen molar-refractivity contribution in [3.8, 4) is 0 Å². The number of nitrogens with one attached hydrogen (secondary N) is 8. The van der Waals surface area contributed by atoms with Gasteiger partial charge in [0, 0.05) is 0 Å². The molecular weight excluding hydrogens is 1460 g/mol. The minimum Gasteiger partial charge on any atom is -0.286 e. The molecule has 16 unspecified atom stereocenters. The molecule has 0 amide bonds. The van der Waals surface area contributed by atoms with Crippen LogP contribution in [0.1, 0.15) is 569 Å². The van der Waals surface area contributed by atoms with Crippen LogP contribution in [0.3, 0.4) is 0 Å². The number of fused-ring (bicyclic) bond motifs is 20. The third-order valence-corrected chi connectivity index (χ3v) is 35.1. The Balaban J connectivity index is 1.15. The van der Waals surface area contributed by atoms with Crippen LogP contribution in [0.4, 0.5) is 0 Å². The van der Waals surface area contributed by atoms with Gasteiger partial charge in [-0.25, -0.2) is 0 Å². The first kappa shape index (κ1) is 103. The Kier molecular flexibility index (Phi) is 55.5. The van der Waals surface area contributed by atoms with Gasteiger partial charge in [-0.3, -0.25) is 42.5 Å². The third kappa shape index (κ3) is 35.8. The molecule has 0 aromatic heterocycles. The lowest BCUT2D eigenvalue weighted by Crippen LogP contribution is -2.62. The van der Waals surface area contributed by atoms with Crippen molar-refractivity contribution in [2.24, 2.45) is 94.7 Å². The molecule has 0 aromatic carbocycles. The average molecular weight is 1680 g/mol. The van der Waals surface area contributed by atoms with Crippen LogP contribution in [0, 0.1) is 94.7 Å². The van der Waals surface area contributed by atoms with Gasteiger partial charge in [0.1, 0.15) is 0 Å². The molecule has 5 saturated heterocycles. The summed E-state index contributed by atoms with van der Waals surface area (Å²) in [7, 11) is 0. The molecule has 0 spiro atoms. The summed E-state index contributed by atoms with van der Waals surface area (Å²) in [5, 5.41) is 40.0. The van der Waals surface area contributed by atoms with Crippen molar-refractivity contribution in [2.75, 3.05) is 0 Å². The first-order chi connectivity index (χ1) is 59.4. The van der Waals surface area contributed by atoms with Crippen LogP contribution in [0.15, 0.2) is 0 Å². The van der Waals surface area contributed by atoms with E-state index in [0.717, 1.165) is 47.3 Å². The standard InChI is InChI=1S/C112H216N8/c1-9-17-25-33-41-49-57-65-73-89-81-82-90(74-66-58-50-42-34-26-18-10-2)98-97(89)105-113-106(98)118-108-101-93(77-69-61-53-45-37-29-21-13-5)85-86-94(78-70-62-54-46-38-30-22-14-6)102(101)110(115-108)120-112-104-96(80-72-64-56-48-40-32-24-16-8)88-87-95(79-71-63-55-47-39-31-23-15-7)103(104)111(116-112)119-109-100-92(76-68-60-52-44-36-28-20-12-4)84-83-91(99(100)107(114-109)117-105)75-67-59-51-43-35-27-19-11-3/h89-120H,9-88H2,1-8H3. The highest BCUT2D eigenvalue weighted by Gasteiger charge is 2.61. The molecule has 16 atom stereocenters. The molecule has 0 radical (unpaired) electrons. The minimum absolute atomic E-state index is 0.319. The number of hydrogen-bond donors (Lipinski definition) is 8. The van der Waals surface area contributed by atoms with E-state index in [9.17, 15) is 0 Å². The Hall–Kier alpha value is -0.320. The van der Waals surface area contributed by atoms with Crippen molar-refractivity contribution in [3.05, 3.63) is 0 Å². The van der Waals surface area contributed by atoms with E-state index in [-0.39, 0.29) is 0 Å². The fourth-order valence-electron chi connectivity index (χ4n) is 28.4. The van der Waals surface area contributed by atoms with Crippen LogP contribution in [0.25, 0.3) is 0 Å². The second kappa shape index (κ2) is 64.5. The maximum Gasteiger partial charge on any atom is 0.0631 e. The van der Waals surface area contributed by atoms with Crippen molar-refractivity contribution >= 4 is 0 Å². The molecule has 9 rings (SSSR count). The van der Waals surface area contributed by atoms with Gasteiger partial charge in [0.25, 0.3) is 0 Å². The van der Waals surface area contributed by atoms with E-state index in [1.807, 2.05) is 0 Å². The van der Waals surface area contributed by atoms with E-state index < -0.39 is 0 Å². The summed E-state index contributed by atoms with van der Waals surface area (Å²) in [5.74, 6) is 11.5. The topological polar surface area (TPSA) is 96.2 Å². The Morgan fingerprint density at radius 1 is 0.117 bits per heavy atom. The van der Waals surface area contributed by atoms with Crippen LogP contribution in [-0.2, 0) is 0 Å². The van der Waals surface area contributed by atoms with E-state index in [4.69, 9.17) is 42.5 Å². The molecule has 0 aromatic rings. The molecular formula is C112H216N8. The molecule has 8 nitrogen and oxygen atoms in total. The van der Waals surface area contributed by atoms with Gasteiger partial charge in [0.05, 0.1) is 49.3 Å². The van der Waals surface area contributed by atoms with Crippen molar-refractivity contribution in [1.29, 1.82) is 0 Å². The summed E-state index contributed by atoms with van der Waals surface area (Å²) in [6.07, 6.45) is 117. The predicted molar refractivity (Wildman–Crippen MR) is 526 cm³/mol. The number of rotatable bonds is 72. The Morgan fingerprint density at radius 2 is 0.200 bits per heavy atom. The highest BCUT2D eigenvalue weighted by Crippen LogP contribution is 2.56. The second-order valence-corrected chi connectivity index (χ2v) is 44.3. The van der Waals surface area contributed by atoms with Crippen molar-refractivity contribution in [3.63, 3.8) is 0 Å². The number of hydrogen-bond acceptors (Lipinski definition) is 8. The smallest absolute Gasteiger partial charge is 0.0631 e. The van der Waals surface area contributed by atoms with Gasteiger partial charge in [0.15, 0.2) is 0 Å². The molecule has 4 aliphatic carbocycles. The molecule has 8 bridgehead atoms. The molecule has 9 aliphatic rings. The molecule has 704 valence electrons. The highest BCUT2D eigenvalue weighted by atomic mass is 15.4. The molecule has 5 aliphatic heterocycles. The molecule has 5 heterocycles. The maximum atomic E-state index is 5.06. The highest BCUT2D eigenvalue weighted by molar-refractivity contribution is 5.14. The van der Waals surface area contributed by atoms with Crippen LogP contribution >= 0.6 is 0 Å². The lowest BCUT2D eigenvalue weighted by atomic mass is 9.62. The fourth-order valence-corrected chi connectivity index (χ4v) is 28.4. The summed E-state index contributed by atoms with van der Waals surface area (Å²) < 4.78 is 0. The van der Waals surface area contributed by atoms with Crippen LogP contribution in [0.5, 0.6) is 0 Å². The van der Waals surface area contributed by atoms with Crippen LogP contribution < -0.4 is 42.5 Å². The fraction of sp³-hybridized carbons (Fsp3) is 1.00. The minimum atomic E-state index is 0.319. The van der Waals surface area contributed by atoms with E-state index in [0.29, 0.717) is 96.7 Å². The zero-order valence-corrected chi connectivity index (χ0v) is 82.4. The summed E-state index contributed by atoms with van der Waals surface area (Å²) in [5.41, 5.74) is 0. The van der Waals surface area contributed by atoms with Crippen LogP contribution in [0.2, 0.25) is 0 Å². The summed E-state index contributed by atoms with van der Waals surface area (Å²) >= 11 is 0. The number of unbranched alkanes of at least 4 members (excludes halogenated alkanes) is 56. The van der Waals surface area contributed by atoms with Gasteiger partial charge in [0.2, 0.25) is 0 Å². The molecule has 4 saturated carbocycles. The normalized spacial score (nSPS) is 32.2. The Bertz CT molecular complexity index is 1910. The van der Waals surface area contributed by atoms with Crippen molar-refractivity contribution in [2.45, 2.75) is 618 Å². The SMILES string of the molecule is CCCCCCCCCCC1CCC(CCCCCCCCCC)C2C3NC(NC4NC(NC5NC(NC6NC(N3)C3C(CCCCCCCCCC)CCC(CCCCCCCCCC)C63)C3C(CCCCCCCCCC)CCC(CCCCCCCCCC)C53)C3C(CCCCCCCCCC)CCC(CCCCCCCCCC)C43)C12. The molecule has 8 heteroatoms. The molecule has 8 N–H and O–H groups in total. The lowest BCUT2D eigenvalue weighted by molar-refractivity contribution is 0.0367. The molecule has 9 fully saturated rings.